The average Bonchev–Trinajstić information content (AvgIpc) is 1.94. The molecule has 0 radical (unpaired) electrons. The molecule has 0 saturated carbocycles. The molecule has 0 aromatic heterocycles. The molecular weight excluding hydrogens is 285 g/mol. The van der Waals surface area contributed by atoms with Gasteiger partial charge in [0.1, 0.15) is 0 Å². The van der Waals surface area contributed by atoms with E-state index in [1.807, 2.05) is 0 Å². The van der Waals surface area contributed by atoms with Crippen LogP contribution in [0.3, 0.4) is 0 Å². The van der Waals surface area contributed by atoms with Gasteiger partial charge in [0.2, 0.25) is 0 Å². The molecule has 0 bridgehead atoms. The molecule has 0 aliphatic rings. The Bertz CT molecular complexity index is 342. The first kappa shape index (κ1) is 15.6. The van der Waals surface area contributed by atoms with Crippen LogP contribution in [0.4, 0.5) is 12.9 Å². The Morgan fingerprint density at radius 1 is 0.857 bits per heavy atom. The molecule has 1 aromatic rings. The van der Waals surface area contributed by atoms with E-state index in [1.54, 1.807) is 0 Å². The maximum atomic E-state index is 12.2. The third kappa shape index (κ3) is 3.87. The molecule has 0 unspecified atom stereocenters. The summed E-state index contributed by atoms with van der Waals surface area (Å²) in [6.45, 7) is -5.14. The maximum Gasteiger partial charge on any atom is 1.00 e. The minimum absolute atomic E-state index is 0. The summed E-state index contributed by atoms with van der Waals surface area (Å²) in [4.78, 5) is 0. The summed E-state index contributed by atoms with van der Waals surface area (Å²) in [7, 11) is 0. The first-order valence-corrected chi connectivity index (χ1v) is 4.30. The van der Waals surface area contributed by atoms with Gasteiger partial charge in [-0.25, -0.2) is 0 Å². The molecule has 0 saturated heterocycles. The second-order valence-corrected chi connectivity index (χ2v) is 3.58. The van der Waals surface area contributed by atoms with E-state index in [1.165, 1.54) is 0 Å². The monoisotopic (exact) mass is 286 g/mol. The molecule has 0 N–H and O–H groups in total. The zero-order valence-corrected chi connectivity index (χ0v) is 12.4. The van der Waals surface area contributed by atoms with Crippen LogP contribution in [0.5, 0.6) is 0 Å². The summed E-state index contributed by atoms with van der Waals surface area (Å²) in [5, 5.41) is -0.572. The zero-order valence-electron chi connectivity index (χ0n) is 7.00. The van der Waals surface area contributed by atoms with Gasteiger partial charge in [0.05, 0.1) is 10.0 Å². The van der Waals surface area contributed by atoms with Gasteiger partial charge in [0, 0.05) is 5.02 Å². The van der Waals surface area contributed by atoms with E-state index in [4.69, 9.17) is 34.8 Å². The Morgan fingerprint density at radius 3 is 1.71 bits per heavy atom. The van der Waals surface area contributed by atoms with Gasteiger partial charge < -0.3 is 12.9 Å². The van der Waals surface area contributed by atoms with Gasteiger partial charge >= 0.3 is 58.4 Å². The van der Waals surface area contributed by atoms with Gasteiger partial charge in [-0.2, -0.15) is 0 Å². The van der Waals surface area contributed by atoms with Crippen LogP contribution in [-0.2, 0) is 0 Å². The Morgan fingerprint density at radius 2 is 1.29 bits per heavy atom. The summed E-state index contributed by atoms with van der Waals surface area (Å²) in [6.07, 6.45) is 0. The summed E-state index contributed by atoms with van der Waals surface area (Å²) in [6, 6.07) is 1.71. The first-order chi connectivity index (χ1) is 5.82. The molecule has 0 spiro atoms. The van der Waals surface area contributed by atoms with Crippen LogP contribution < -0.4 is 56.8 Å². The van der Waals surface area contributed by atoms with Crippen molar-refractivity contribution in [2.24, 2.45) is 0 Å². The maximum absolute atomic E-state index is 12.2. The van der Waals surface area contributed by atoms with Crippen LogP contribution in [0.15, 0.2) is 12.1 Å². The predicted octanol–water partition coefficient (Wildman–Crippen LogP) is 0.705. The summed E-state index contributed by atoms with van der Waals surface area (Å²) >= 11 is 16.2. The largest absolute Gasteiger partial charge is 1.00 e. The summed E-state index contributed by atoms with van der Waals surface area (Å²) in [5.74, 6) is 0. The molecule has 0 atom stereocenters. The molecule has 0 aliphatic heterocycles. The van der Waals surface area contributed by atoms with Crippen molar-refractivity contribution in [2.45, 2.75) is 0 Å². The molecule has 1 rings (SSSR count). The molecule has 1 aromatic carbocycles. The van der Waals surface area contributed by atoms with E-state index in [0.29, 0.717) is 0 Å². The SMILES string of the molecule is F[B-](F)(F)c1cc(Cl)c(Cl)cc1Cl.[K+]. The minimum Gasteiger partial charge on any atom is -0.445 e. The molecule has 8 heteroatoms. The first-order valence-electron chi connectivity index (χ1n) is 3.16. The van der Waals surface area contributed by atoms with Crippen molar-refractivity contribution in [3.05, 3.63) is 27.2 Å². The van der Waals surface area contributed by atoms with Crippen LogP contribution in [0, 0.1) is 0 Å². The molecule has 0 fully saturated rings. The molecule has 0 nitrogen and oxygen atoms in total. The van der Waals surface area contributed by atoms with Crippen LogP contribution in [0.25, 0.3) is 0 Å². The van der Waals surface area contributed by atoms with Gasteiger partial charge in [-0.1, -0.05) is 46.3 Å². The summed E-state index contributed by atoms with van der Waals surface area (Å²) < 4.78 is 36.7. The minimum atomic E-state index is -5.14. The molecule has 0 amide bonds. The van der Waals surface area contributed by atoms with E-state index in [-0.39, 0.29) is 61.4 Å². The van der Waals surface area contributed by atoms with Crippen LogP contribution in [-0.4, -0.2) is 6.98 Å². The van der Waals surface area contributed by atoms with E-state index in [9.17, 15) is 12.9 Å². The number of halogens is 6. The standard InChI is InChI=1S/C6H2BCl3F3.K/c8-4-2-6(10)5(9)1-3(4)7(11,12)13;/h1-2H;/q-1;+1. The Hall–Kier alpha value is 1.58. The quantitative estimate of drug-likeness (QED) is 0.527. The fourth-order valence-electron chi connectivity index (χ4n) is 0.789. The topological polar surface area (TPSA) is 0 Å². The Balaban J connectivity index is 0.00000169. The molecule has 14 heavy (non-hydrogen) atoms. The number of hydrogen-bond donors (Lipinski definition) is 0. The number of hydrogen-bond acceptors (Lipinski definition) is 0. The molecular formula is C6H2BCl3F3K. The van der Waals surface area contributed by atoms with Crippen molar-refractivity contribution in [2.75, 3.05) is 0 Å². The van der Waals surface area contributed by atoms with Gasteiger partial charge in [-0.3, -0.25) is 0 Å². The van der Waals surface area contributed by atoms with Crippen LogP contribution in [0.2, 0.25) is 15.1 Å². The van der Waals surface area contributed by atoms with Gasteiger partial charge in [0.15, 0.2) is 0 Å². The zero-order chi connectivity index (χ0) is 10.2. The second-order valence-electron chi connectivity index (χ2n) is 2.36. The van der Waals surface area contributed by atoms with Crippen molar-refractivity contribution >= 4 is 47.2 Å². The van der Waals surface area contributed by atoms with Gasteiger partial charge in [0.25, 0.3) is 0 Å². The van der Waals surface area contributed by atoms with Crippen LogP contribution in [0.1, 0.15) is 0 Å². The van der Waals surface area contributed by atoms with Crippen LogP contribution >= 0.6 is 34.8 Å². The molecule has 0 aliphatic carbocycles. The third-order valence-electron chi connectivity index (χ3n) is 1.39. The Kier molecular flexibility index (Phi) is 6.43. The fraction of sp³-hybridized carbons (Fsp3) is 0. The molecule has 0 heterocycles. The van der Waals surface area contributed by atoms with Gasteiger partial charge in [-0.05, 0) is 6.07 Å². The smallest absolute Gasteiger partial charge is 0.445 e. The van der Waals surface area contributed by atoms with Crippen molar-refractivity contribution in [3.8, 4) is 0 Å². The fourth-order valence-corrected chi connectivity index (χ4v) is 1.47. The van der Waals surface area contributed by atoms with Crippen molar-refractivity contribution in [1.29, 1.82) is 0 Å². The van der Waals surface area contributed by atoms with E-state index < -0.39 is 17.5 Å². The van der Waals surface area contributed by atoms with Crippen molar-refractivity contribution < 1.29 is 64.3 Å². The molecule has 72 valence electrons. The predicted molar refractivity (Wildman–Crippen MR) is 50.2 cm³/mol. The second kappa shape index (κ2) is 5.77. The third-order valence-corrected chi connectivity index (χ3v) is 2.44. The number of rotatable bonds is 1. The van der Waals surface area contributed by atoms with Crippen molar-refractivity contribution in [3.63, 3.8) is 0 Å². The van der Waals surface area contributed by atoms with E-state index >= 15 is 0 Å². The van der Waals surface area contributed by atoms with E-state index in [0.717, 1.165) is 12.1 Å². The van der Waals surface area contributed by atoms with Crippen molar-refractivity contribution in [1.82, 2.24) is 0 Å². The Labute approximate surface area is 137 Å². The average molecular weight is 287 g/mol. The summed E-state index contributed by atoms with van der Waals surface area (Å²) in [5.41, 5.74) is -0.920. The van der Waals surface area contributed by atoms with Gasteiger partial charge in [-0.15, -0.1) is 0 Å². The van der Waals surface area contributed by atoms with E-state index in [2.05, 4.69) is 0 Å². The number of benzene rings is 1. The normalized spacial score (nSPS) is 11.0.